The first-order valence-corrected chi connectivity index (χ1v) is 6.77. The first-order valence-electron chi connectivity index (χ1n) is 6.39. The standard InChI is InChI=1S/C12H16ClN7/c1-19-6-9(4-17-19)20-3-2-8(5-20)18-12-10(13)11(14)15-7-16-12/h4,6-8H,2-3,5H2,1H3,(H3,14,15,16,18). The Bertz CT molecular complexity index is 612. The molecule has 0 radical (unpaired) electrons. The summed E-state index contributed by atoms with van der Waals surface area (Å²) in [6.07, 6.45) is 6.31. The molecule has 2 aromatic heterocycles. The maximum absolute atomic E-state index is 6.09. The van der Waals surface area contributed by atoms with Crippen LogP contribution in [0.25, 0.3) is 0 Å². The van der Waals surface area contributed by atoms with Gasteiger partial charge in [-0.3, -0.25) is 4.68 Å². The highest BCUT2D eigenvalue weighted by Gasteiger charge is 2.24. The molecule has 1 saturated heterocycles. The summed E-state index contributed by atoms with van der Waals surface area (Å²) in [5.41, 5.74) is 6.80. The van der Waals surface area contributed by atoms with Crippen molar-refractivity contribution in [1.82, 2.24) is 19.7 Å². The number of hydrogen-bond donors (Lipinski definition) is 2. The molecule has 1 aliphatic heterocycles. The van der Waals surface area contributed by atoms with Gasteiger partial charge in [-0.2, -0.15) is 5.10 Å². The summed E-state index contributed by atoms with van der Waals surface area (Å²) in [5, 5.41) is 7.90. The Balaban J connectivity index is 1.67. The van der Waals surface area contributed by atoms with E-state index in [1.165, 1.54) is 6.33 Å². The van der Waals surface area contributed by atoms with Crippen molar-refractivity contribution in [3.63, 3.8) is 0 Å². The number of anilines is 3. The van der Waals surface area contributed by atoms with Crippen molar-refractivity contribution >= 4 is 28.9 Å². The summed E-state index contributed by atoms with van der Waals surface area (Å²) in [4.78, 5) is 10.3. The molecule has 1 unspecified atom stereocenters. The van der Waals surface area contributed by atoms with Crippen LogP contribution >= 0.6 is 11.6 Å². The number of aryl methyl sites for hydroxylation is 1. The summed E-state index contributed by atoms with van der Waals surface area (Å²) >= 11 is 6.09. The molecule has 0 spiro atoms. The van der Waals surface area contributed by atoms with Crippen LogP contribution in [0, 0.1) is 0 Å². The van der Waals surface area contributed by atoms with Gasteiger partial charge in [0.25, 0.3) is 0 Å². The lowest BCUT2D eigenvalue weighted by atomic mass is 10.2. The number of halogens is 1. The highest BCUT2D eigenvalue weighted by molar-refractivity contribution is 6.35. The Labute approximate surface area is 121 Å². The molecule has 3 N–H and O–H groups in total. The van der Waals surface area contributed by atoms with Gasteiger partial charge in [0.15, 0.2) is 5.82 Å². The molecule has 1 aliphatic rings. The van der Waals surface area contributed by atoms with Gasteiger partial charge in [-0.1, -0.05) is 11.6 Å². The molecular formula is C12H16ClN7. The van der Waals surface area contributed by atoms with Crippen LogP contribution in [0.3, 0.4) is 0 Å². The topological polar surface area (TPSA) is 84.9 Å². The van der Waals surface area contributed by atoms with E-state index in [0.29, 0.717) is 16.7 Å². The lowest BCUT2D eigenvalue weighted by Gasteiger charge is -2.17. The van der Waals surface area contributed by atoms with Gasteiger partial charge in [-0.25, -0.2) is 9.97 Å². The normalized spacial score (nSPS) is 18.5. The van der Waals surface area contributed by atoms with Crippen LogP contribution in [-0.4, -0.2) is 38.9 Å². The lowest BCUT2D eigenvalue weighted by Crippen LogP contribution is -2.26. The molecule has 2 aromatic rings. The Morgan fingerprint density at radius 3 is 3.05 bits per heavy atom. The SMILES string of the molecule is Cn1cc(N2CCC(Nc3ncnc(N)c3Cl)C2)cn1. The van der Waals surface area contributed by atoms with E-state index in [1.807, 2.05) is 19.4 Å². The molecule has 3 heterocycles. The maximum atomic E-state index is 6.09. The van der Waals surface area contributed by atoms with Crippen LogP contribution < -0.4 is 16.0 Å². The van der Waals surface area contributed by atoms with Gasteiger partial charge in [0, 0.05) is 32.4 Å². The fourth-order valence-electron chi connectivity index (χ4n) is 2.36. The van der Waals surface area contributed by atoms with Crippen molar-refractivity contribution < 1.29 is 0 Å². The van der Waals surface area contributed by atoms with E-state index in [0.717, 1.165) is 25.2 Å². The Kier molecular flexibility index (Phi) is 3.35. The fourth-order valence-corrected chi connectivity index (χ4v) is 2.51. The van der Waals surface area contributed by atoms with Gasteiger partial charge in [-0.05, 0) is 6.42 Å². The number of nitrogen functional groups attached to an aromatic ring is 1. The molecule has 106 valence electrons. The summed E-state index contributed by atoms with van der Waals surface area (Å²) < 4.78 is 1.80. The summed E-state index contributed by atoms with van der Waals surface area (Å²) in [6.45, 7) is 1.85. The molecule has 7 nitrogen and oxygen atoms in total. The zero-order valence-electron chi connectivity index (χ0n) is 11.1. The second-order valence-electron chi connectivity index (χ2n) is 4.87. The van der Waals surface area contributed by atoms with Crippen LogP contribution in [0.5, 0.6) is 0 Å². The first-order chi connectivity index (χ1) is 9.63. The van der Waals surface area contributed by atoms with E-state index in [4.69, 9.17) is 17.3 Å². The smallest absolute Gasteiger partial charge is 0.150 e. The third-order valence-corrected chi connectivity index (χ3v) is 3.77. The molecule has 0 aliphatic carbocycles. The molecule has 0 saturated carbocycles. The predicted molar refractivity (Wildman–Crippen MR) is 78.9 cm³/mol. The third-order valence-electron chi connectivity index (χ3n) is 3.40. The van der Waals surface area contributed by atoms with Crippen molar-refractivity contribution in [3.05, 3.63) is 23.7 Å². The number of nitrogens with one attached hydrogen (secondary N) is 1. The minimum absolute atomic E-state index is 0.280. The molecule has 8 heteroatoms. The molecule has 0 aromatic carbocycles. The third kappa shape index (κ3) is 2.49. The first kappa shape index (κ1) is 13.0. The number of aromatic nitrogens is 4. The monoisotopic (exact) mass is 293 g/mol. The average Bonchev–Trinajstić information content (AvgIpc) is 3.04. The average molecular weight is 294 g/mol. The van der Waals surface area contributed by atoms with Gasteiger partial charge in [0.05, 0.1) is 11.9 Å². The predicted octanol–water partition coefficient (Wildman–Crippen LogP) is 1.14. The largest absolute Gasteiger partial charge is 0.382 e. The summed E-state index contributed by atoms with van der Waals surface area (Å²) in [5.74, 6) is 0.892. The Hall–Kier alpha value is -2.02. The number of rotatable bonds is 3. The Morgan fingerprint density at radius 1 is 1.45 bits per heavy atom. The van der Waals surface area contributed by atoms with E-state index in [2.05, 4.69) is 25.3 Å². The highest BCUT2D eigenvalue weighted by atomic mass is 35.5. The van der Waals surface area contributed by atoms with Crippen molar-refractivity contribution in [2.24, 2.45) is 7.05 Å². The molecule has 1 fully saturated rings. The van der Waals surface area contributed by atoms with Crippen LogP contribution in [-0.2, 0) is 7.05 Å². The van der Waals surface area contributed by atoms with E-state index < -0.39 is 0 Å². The van der Waals surface area contributed by atoms with E-state index in [1.54, 1.807) is 4.68 Å². The molecule has 0 amide bonds. The van der Waals surface area contributed by atoms with Crippen LogP contribution in [0.4, 0.5) is 17.3 Å². The quantitative estimate of drug-likeness (QED) is 0.883. The minimum atomic E-state index is 0.280. The minimum Gasteiger partial charge on any atom is -0.382 e. The Morgan fingerprint density at radius 2 is 2.30 bits per heavy atom. The van der Waals surface area contributed by atoms with Gasteiger partial charge in [-0.15, -0.1) is 0 Å². The highest BCUT2D eigenvalue weighted by Crippen LogP contribution is 2.26. The van der Waals surface area contributed by atoms with Gasteiger partial charge < -0.3 is 16.0 Å². The molecule has 1 atom stereocenters. The lowest BCUT2D eigenvalue weighted by molar-refractivity contribution is 0.767. The van der Waals surface area contributed by atoms with E-state index in [9.17, 15) is 0 Å². The number of hydrogen-bond acceptors (Lipinski definition) is 6. The molecular weight excluding hydrogens is 278 g/mol. The zero-order chi connectivity index (χ0) is 14.1. The number of nitrogens with two attached hydrogens (primary N) is 1. The van der Waals surface area contributed by atoms with Gasteiger partial charge >= 0.3 is 0 Å². The zero-order valence-corrected chi connectivity index (χ0v) is 11.9. The number of nitrogens with zero attached hydrogens (tertiary/aromatic N) is 5. The van der Waals surface area contributed by atoms with Crippen LogP contribution in [0.15, 0.2) is 18.7 Å². The second-order valence-corrected chi connectivity index (χ2v) is 5.25. The molecule has 3 rings (SSSR count). The van der Waals surface area contributed by atoms with Gasteiger partial charge in [0.2, 0.25) is 0 Å². The fraction of sp³-hybridized carbons (Fsp3) is 0.417. The van der Waals surface area contributed by atoms with Crippen molar-refractivity contribution in [2.75, 3.05) is 29.0 Å². The van der Waals surface area contributed by atoms with Crippen LogP contribution in [0.2, 0.25) is 5.02 Å². The second kappa shape index (κ2) is 5.16. The van der Waals surface area contributed by atoms with E-state index in [-0.39, 0.29) is 6.04 Å². The van der Waals surface area contributed by atoms with Gasteiger partial charge in [0.1, 0.15) is 17.2 Å². The van der Waals surface area contributed by atoms with Crippen LogP contribution in [0.1, 0.15) is 6.42 Å². The maximum Gasteiger partial charge on any atom is 0.150 e. The van der Waals surface area contributed by atoms with Crippen molar-refractivity contribution in [3.8, 4) is 0 Å². The molecule has 20 heavy (non-hydrogen) atoms. The molecule has 0 bridgehead atoms. The summed E-state index contributed by atoms with van der Waals surface area (Å²) in [7, 11) is 1.92. The van der Waals surface area contributed by atoms with E-state index >= 15 is 0 Å². The summed E-state index contributed by atoms with van der Waals surface area (Å²) in [6, 6.07) is 0.280. The van der Waals surface area contributed by atoms with Crippen molar-refractivity contribution in [1.29, 1.82) is 0 Å². The van der Waals surface area contributed by atoms with Crippen molar-refractivity contribution in [2.45, 2.75) is 12.5 Å².